The van der Waals surface area contributed by atoms with Gasteiger partial charge in [-0.15, -0.1) is 0 Å². The Morgan fingerprint density at radius 1 is 0.763 bits per heavy atom. The minimum atomic E-state index is -0.963. The molecule has 3 saturated heterocycles. The Morgan fingerprint density at radius 2 is 1.49 bits per heavy atom. The molecule has 1 saturated carbocycles. The zero-order chi connectivity index (χ0) is 40.2. The number of nitrogens with zero attached hydrogens (tertiary/aromatic N) is 8. The summed E-state index contributed by atoms with van der Waals surface area (Å²) in [5, 5.41) is 8.15. The number of hydrogen-bond donors (Lipinski definition) is 2. The molecule has 4 amide bonds. The number of carbonyl (C=O) groups excluding carboxylic acids is 4. The molecule has 5 aromatic rings. The summed E-state index contributed by atoms with van der Waals surface area (Å²) in [5.74, 6) is 0.707. The van der Waals surface area contributed by atoms with Gasteiger partial charge in [-0.1, -0.05) is 18.2 Å². The van der Waals surface area contributed by atoms with Gasteiger partial charge >= 0.3 is 0 Å². The number of nitrogens with two attached hydrogens (primary N) is 1. The lowest BCUT2D eigenvalue weighted by atomic mass is 9.78. The third-order valence-electron chi connectivity index (χ3n) is 12.9. The minimum absolute atomic E-state index is 0.100. The maximum absolute atomic E-state index is 13.4. The second kappa shape index (κ2) is 15.2. The van der Waals surface area contributed by atoms with E-state index in [0.29, 0.717) is 28.9 Å². The monoisotopic (exact) mass is 794 g/mol. The van der Waals surface area contributed by atoms with Crippen molar-refractivity contribution in [3.05, 3.63) is 90.3 Å². The van der Waals surface area contributed by atoms with Gasteiger partial charge in [0.1, 0.15) is 35.4 Å². The number of benzene rings is 3. The molecule has 1 aliphatic carbocycles. The number of nitrogen functional groups attached to an aromatic ring is 1. The minimum Gasteiger partial charge on any atom is -0.457 e. The van der Waals surface area contributed by atoms with E-state index in [2.05, 4.69) is 34.7 Å². The number of fused-ring (bicyclic) bond motifs is 2. The van der Waals surface area contributed by atoms with E-state index in [1.165, 1.54) is 19.2 Å². The van der Waals surface area contributed by atoms with Crippen LogP contribution in [0.15, 0.2) is 79.1 Å². The summed E-state index contributed by atoms with van der Waals surface area (Å²) in [6, 6.07) is 22.9. The first kappa shape index (κ1) is 37.1. The zero-order valence-electron chi connectivity index (χ0n) is 32.7. The summed E-state index contributed by atoms with van der Waals surface area (Å²) in [4.78, 5) is 68.1. The Labute approximate surface area is 341 Å². The number of imide groups is 2. The first-order valence-electron chi connectivity index (χ1n) is 20.7. The van der Waals surface area contributed by atoms with E-state index in [0.717, 1.165) is 103 Å². The first-order chi connectivity index (χ1) is 28.8. The van der Waals surface area contributed by atoms with Gasteiger partial charge in [0.25, 0.3) is 11.8 Å². The largest absolute Gasteiger partial charge is 0.457 e. The molecule has 5 aliphatic rings. The predicted octanol–water partition coefficient (Wildman–Crippen LogP) is 4.51. The van der Waals surface area contributed by atoms with Gasteiger partial charge in [0.2, 0.25) is 11.8 Å². The van der Waals surface area contributed by atoms with Gasteiger partial charge in [-0.3, -0.25) is 34.3 Å². The Bertz CT molecular complexity index is 2430. The normalized spacial score (nSPS) is 23.1. The van der Waals surface area contributed by atoms with Gasteiger partial charge in [-0.2, -0.15) is 5.10 Å². The van der Waals surface area contributed by atoms with Crippen LogP contribution in [0.5, 0.6) is 11.5 Å². The van der Waals surface area contributed by atoms with Crippen LogP contribution >= 0.6 is 0 Å². The maximum Gasteiger partial charge on any atom is 0.262 e. The van der Waals surface area contributed by atoms with Crippen molar-refractivity contribution in [2.45, 2.75) is 56.7 Å². The first-order valence-corrected chi connectivity index (χ1v) is 20.7. The SMILES string of the molecule is Nc1ncnc2c1c(-c1ccc(Oc3ccccc3)cc1)nn2C1CCN(CC2CC(N3CCN(c4ccc5c(c4)C(=O)N(C4CCC(=O)NC4=O)C5=O)CC3)C2)CC1. The fourth-order valence-corrected chi connectivity index (χ4v) is 9.62. The van der Waals surface area contributed by atoms with Crippen LogP contribution in [0.4, 0.5) is 11.5 Å². The number of nitrogens with one attached hydrogen (secondary N) is 1. The molecule has 0 radical (unpaired) electrons. The van der Waals surface area contributed by atoms with Crippen LogP contribution in [0.25, 0.3) is 22.3 Å². The van der Waals surface area contributed by atoms with Gasteiger partial charge in [0.15, 0.2) is 5.65 Å². The van der Waals surface area contributed by atoms with Crippen molar-refractivity contribution < 1.29 is 23.9 Å². The van der Waals surface area contributed by atoms with Crippen LogP contribution in [0.1, 0.15) is 65.3 Å². The van der Waals surface area contributed by atoms with Gasteiger partial charge < -0.3 is 20.3 Å². The molecule has 59 heavy (non-hydrogen) atoms. The number of anilines is 2. The van der Waals surface area contributed by atoms with Gasteiger partial charge in [0.05, 0.1) is 22.6 Å². The molecular formula is C44H46N10O5. The summed E-state index contributed by atoms with van der Waals surface area (Å²) >= 11 is 0. The standard InChI is InChI=1S/C44H46N10O5/c45-40-38-39(28-6-9-33(10-7-28)59-32-4-2-1-3-5-32)49-54(41(38)47-26-46-40)29-14-16-50(17-15-29)25-27-22-31(23-27)52-20-18-51(19-21-52)30-8-11-34-35(24-30)44(58)53(43(34)57)36-12-13-37(55)48-42(36)56/h1-11,24,26-27,29,31,36H,12-23,25H2,(H2,45,46,47)(H,48,55,56). The highest BCUT2D eigenvalue weighted by molar-refractivity contribution is 6.23. The van der Waals surface area contributed by atoms with E-state index >= 15 is 0 Å². The molecule has 15 nitrogen and oxygen atoms in total. The fourth-order valence-electron chi connectivity index (χ4n) is 9.62. The smallest absolute Gasteiger partial charge is 0.262 e. The number of aromatic nitrogens is 4. The summed E-state index contributed by atoms with van der Waals surface area (Å²) in [6.07, 6.45) is 6.14. The Kier molecular flexibility index (Phi) is 9.56. The van der Waals surface area contributed by atoms with Crippen LogP contribution < -0.4 is 20.7 Å². The average molecular weight is 795 g/mol. The van der Waals surface area contributed by atoms with E-state index in [4.69, 9.17) is 15.6 Å². The maximum atomic E-state index is 13.4. The Hall–Kier alpha value is -6.19. The average Bonchev–Trinajstić information content (AvgIpc) is 3.75. The number of carbonyl (C=O) groups is 4. The van der Waals surface area contributed by atoms with E-state index < -0.39 is 23.8 Å². The van der Waals surface area contributed by atoms with Crippen molar-refractivity contribution in [3.8, 4) is 22.8 Å². The third kappa shape index (κ3) is 6.97. The molecular weight excluding hydrogens is 749 g/mol. The second-order valence-electron chi connectivity index (χ2n) is 16.4. The van der Waals surface area contributed by atoms with Crippen molar-refractivity contribution in [1.82, 2.24) is 39.8 Å². The molecule has 0 bridgehead atoms. The highest BCUT2D eigenvalue weighted by atomic mass is 16.5. The molecule has 3 N–H and O–H groups in total. The van der Waals surface area contributed by atoms with Crippen molar-refractivity contribution in [1.29, 1.82) is 0 Å². The number of hydrogen-bond acceptors (Lipinski definition) is 12. The molecule has 0 spiro atoms. The number of rotatable bonds is 9. The molecule has 6 heterocycles. The number of ether oxygens (including phenoxy) is 1. The van der Waals surface area contributed by atoms with Crippen molar-refractivity contribution in [2.75, 3.05) is 56.4 Å². The summed E-state index contributed by atoms with van der Waals surface area (Å²) < 4.78 is 8.08. The van der Waals surface area contributed by atoms with Gasteiger partial charge in [-0.05, 0) is 92.6 Å². The Morgan fingerprint density at radius 3 is 2.24 bits per heavy atom. The van der Waals surface area contributed by atoms with Crippen molar-refractivity contribution >= 4 is 46.2 Å². The fraction of sp³-hybridized carbons (Fsp3) is 0.386. The highest BCUT2D eigenvalue weighted by Gasteiger charge is 2.45. The lowest BCUT2D eigenvalue weighted by Crippen LogP contribution is -2.55. The third-order valence-corrected chi connectivity index (χ3v) is 12.9. The Balaban J connectivity index is 0.708. The highest BCUT2D eigenvalue weighted by Crippen LogP contribution is 2.38. The molecule has 10 rings (SSSR count). The summed E-state index contributed by atoms with van der Waals surface area (Å²) in [5.41, 5.74) is 10.5. The van der Waals surface area contributed by atoms with Gasteiger partial charge in [-0.25, -0.2) is 14.6 Å². The van der Waals surface area contributed by atoms with Crippen LogP contribution in [0.3, 0.4) is 0 Å². The lowest BCUT2D eigenvalue weighted by Gasteiger charge is -2.48. The van der Waals surface area contributed by atoms with E-state index in [1.54, 1.807) is 12.1 Å². The number of amides is 4. The van der Waals surface area contributed by atoms with Crippen molar-refractivity contribution in [2.24, 2.45) is 5.92 Å². The van der Waals surface area contributed by atoms with E-state index in [-0.39, 0.29) is 24.8 Å². The van der Waals surface area contributed by atoms with E-state index in [1.807, 2.05) is 60.7 Å². The number of likely N-dealkylation sites (tertiary alicyclic amines) is 1. The molecule has 4 aliphatic heterocycles. The number of piperidine rings is 2. The molecule has 2 aromatic heterocycles. The number of piperazine rings is 1. The topological polar surface area (TPSA) is 172 Å². The van der Waals surface area contributed by atoms with Crippen LogP contribution in [-0.2, 0) is 9.59 Å². The lowest BCUT2D eigenvalue weighted by molar-refractivity contribution is -0.136. The van der Waals surface area contributed by atoms with Crippen LogP contribution in [0, 0.1) is 5.92 Å². The molecule has 4 fully saturated rings. The molecule has 1 unspecified atom stereocenters. The molecule has 15 heteroatoms. The summed E-state index contributed by atoms with van der Waals surface area (Å²) in [6.45, 7) is 6.67. The van der Waals surface area contributed by atoms with Crippen molar-refractivity contribution in [3.63, 3.8) is 0 Å². The molecule has 1 atom stereocenters. The number of para-hydroxylation sites is 1. The van der Waals surface area contributed by atoms with Crippen LogP contribution in [-0.4, -0.2) is 116 Å². The van der Waals surface area contributed by atoms with E-state index in [9.17, 15) is 19.2 Å². The predicted molar refractivity (Wildman–Crippen MR) is 220 cm³/mol. The quantitative estimate of drug-likeness (QED) is 0.201. The molecule has 3 aromatic carbocycles. The zero-order valence-corrected chi connectivity index (χ0v) is 32.7. The molecule has 302 valence electrons. The van der Waals surface area contributed by atoms with Crippen LogP contribution in [0.2, 0.25) is 0 Å². The van der Waals surface area contributed by atoms with Gasteiger partial charge in [0, 0.05) is 69.5 Å². The second-order valence-corrected chi connectivity index (χ2v) is 16.4. The summed E-state index contributed by atoms with van der Waals surface area (Å²) in [7, 11) is 0.